The van der Waals surface area contributed by atoms with Crippen LogP contribution in [-0.2, 0) is 4.74 Å². The van der Waals surface area contributed by atoms with Crippen molar-refractivity contribution in [2.75, 3.05) is 11.0 Å². The largest absolute Gasteiger partial charge is 0.377 e. The summed E-state index contributed by atoms with van der Waals surface area (Å²) in [6.07, 6.45) is 1.83. The lowest BCUT2D eigenvalue weighted by atomic mass is 9.94. The van der Waals surface area contributed by atoms with Crippen LogP contribution in [0.3, 0.4) is 0 Å². The van der Waals surface area contributed by atoms with Gasteiger partial charge in [0.05, 0.1) is 12.7 Å². The molecular formula is C8H15IO. The molecule has 0 aromatic rings. The molecule has 0 spiro atoms. The molecule has 0 amide bonds. The molecule has 1 heterocycles. The van der Waals surface area contributed by atoms with Gasteiger partial charge in [-0.2, -0.15) is 0 Å². The van der Waals surface area contributed by atoms with E-state index in [0.29, 0.717) is 6.10 Å². The predicted molar refractivity (Wildman–Crippen MR) is 51.6 cm³/mol. The summed E-state index contributed by atoms with van der Waals surface area (Å²) in [5.74, 6) is 1.62. The SMILES string of the molecule is CC(C)[C@H]1CO[C@H](CI)C1. The molecule has 10 heavy (non-hydrogen) atoms. The quantitative estimate of drug-likeness (QED) is 0.543. The first-order valence-corrected chi connectivity index (χ1v) is 5.44. The van der Waals surface area contributed by atoms with Crippen molar-refractivity contribution < 1.29 is 4.74 Å². The second-order valence-corrected chi connectivity index (χ2v) is 4.23. The first kappa shape index (κ1) is 8.78. The van der Waals surface area contributed by atoms with E-state index in [1.165, 1.54) is 6.42 Å². The lowest BCUT2D eigenvalue weighted by Gasteiger charge is -2.10. The second kappa shape index (κ2) is 3.90. The number of halogens is 1. The van der Waals surface area contributed by atoms with Crippen LogP contribution in [0.2, 0.25) is 0 Å². The monoisotopic (exact) mass is 254 g/mol. The third-order valence-electron chi connectivity index (χ3n) is 2.23. The topological polar surface area (TPSA) is 9.23 Å². The van der Waals surface area contributed by atoms with Crippen molar-refractivity contribution in [2.45, 2.75) is 26.4 Å². The van der Waals surface area contributed by atoms with Gasteiger partial charge in [-0.1, -0.05) is 36.4 Å². The molecule has 2 heteroatoms. The molecule has 0 aromatic heterocycles. The molecule has 0 aromatic carbocycles. The Hall–Kier alpha value is 0.690. The maximum absolute atomic E-state index is 5.57. The van der Waals surface area contributed by atoms with Gasteiger partial charge in [0.15, 0.2) is 0 Å². The van der Waals surface area contributed by atoms with Crippen molar-refractivity contribution in [3.8, 4) is 0 Å². The highest BCUT2D eigenvalue weighted by atomic mass is 127. The highest BCUT2D eigenvalue weighted by Gasteiger charge is 2.26. The average Bonchev–Trinajstić information content (AvgIpc) is 2.34. The highest BCUT2D eigenvalue weighted by Crippen LogP contribution is 2.26. The van der Waals surface area contributed by atoms with E-state index in [0.717, 1.165) is 22.9 Å². The van der Waals surface area contributed by atoms with Crippen LogP contribution in [0.1, 0.15) is 20.3 Å². The summed E-state index contributed by atoms with van der Waals surface area (Å²) >= 11 is 2.40. The Morgan fingerprint density at radius 1 is 1.60 bits per heavy atom. The molecule has 0 unspecified atom stereocenters. The van der Waals surface area contributed by atoms with E-state index >= 15 is 0 Å². The van der Waals surface area contributed by atoms with Gasteiger partial charge < -0.3 is 4.74 Å². The summed E-state index contributed by atoms with van der Waals surface area (Å²) in [5, 5.41) is 0. The minimum atomic E-state index is 0.549. The van der Waals surface area contributed by atoms with E-state index in [-0.39, 0.29) is 0 Å². The Morgan fingerprint density at radius 3 is 2.60 bits per heavy atom. The van der Waals surface area contributed by atoms with E-state index < -0.39 is 0 Å². The molecule has 0 saturated carbocycles. The minimum absolute atomic E-state index is 0.549. The number of hydrogen-bond donors (Lipinski definition) is 0. The van der Waals surface area contributed by atoms with Gasteiger partial charge in [0.2, 0.25) is 0 Å². The summed E-state index contributed by atoms with van der Waals surface area (Å²) in [7, 11) is 0. The Bertz CT molecular complexity index is 103. The first-order valence-electron chi connectivity index (χ1n) is 3.91. The van der Waals surface area contributed by atoms with E-state index in [1.54, 1.807) is 0 Å². The Balaban J connectivity index is 2.28. The Kier molecular flexibility index (Phi) is 3.43. The predicted octanol–water partition coefficient (Wildman–Crippen LogP) is 2.48. The van der Waals surface area contributed by atoms with Gasteiger partial charge in [-0.3, -0.25) is 0 Å². The summed E-state index contributed by atoms with van der Waals surface area (Å²) in [4.78, 5) is 0. The van der Waals surface area contributed by atoms with Crippen LogP contribution in [0.25, 0.3) is 0 Å². The van der Waals surface area contributed by atoms with Gasteiger partial charge in [-0.05, 0) is 18.3 Å². The summed E-state index contributed by atoms with van der Waals surface area (Å²) in [6, 6.07) is 0. The Labute approximate surface area is 76.7 Å². The van der Waals surface area contributed by atoms with Crippen molar-refractivity contribution in [3.05, 3.63) is 0 Å². The molecule has 1 nitrogen and oxygen atoms in total. The van der Waals surface area contributed by atoms with Crippen molar-refractivity contribution in [1.29, 1.82) is 0 Å². The van der Waals surface area contributed by atoms with Crippen molar-refractivity contribution in [3.63, 3.8) is 0 Å². The second-order valence-electron chi connectivity index (χ2n) is 3.35. The van der Waals surface area contributed by atoms with Crippen LogP contribution in [0.4, 0.5) is 0 Å². The molecule has 2 atom stereocenters. The zero-order chi connectivity index (χ0) is 7.56. The standard InChI is InChI=1S/C8H15IO/c1-6(2)7-3-8(4-9)10-5-7/h6-8H,3-5H2,1-2H3/t7-,8+/m1/s1. The molecular weight excluding hydrogens is 239 g/mol. The lowest BCUT2D eigenvalue weighted by Crippen LogP contribution is -2.08. The lowest BCUT2D eigenvalue weighted by molar-refractivity contribution is 0.121. The molecule has 1 fully saturated rings. The van der Waals surface area contributed by atoms with Crippen LogP contribution in [0.15, 0.2) is 0 Å². The van der Waals surface area contributed by atoms with Crippen molar-refractivity contribution >= 4 is 22.6 Å². The fourth-order valence-electron chi connectivity index (χ4n) is 1.31. The molecule has 0 radical (unpaired) electrons. The Morgan fingerprint density at radius 2 is 2.30 bits per heavy atom. The maximum atomic E-state index is 5.57. The van der Waals surface area contributed by atoms with E-state index in [4.69, 9.17) is 4.74 Å². The molecule has 0 bridgehead atoms. The average molecular weight is 254 g/mol. The number of alkyl halides is 1. The van der Waals surface area contributed by atoms with Gasteiger partial charge >= 0.3 is 0 Å². The van der Waals surface area contributed by atoms with Gasteiger partial charge in [0, 0.05) is 4.43 Å². The molecule has 0 aliphatic carbocycles. The van der Waals surface area contributed by atoms with Gasteiger partial charge in [0.25, 0.3) is 0 Å². The first-order chi connectivity index (χ1) is 4.74. The molecule has 1 aliphatic rings. The maximum Gasteiger partial charge on any atom is 0.0668 e. The molecule has 1 rings (SSSR count). The zero-order valence-electron chi connectivity index (χ0n) is 6.64. The van der Waals surface area contributed by atoms with Crippen LogP contribution >= 0.6 is 22.6 Å². The zero-order valence-corrected chi connectivity index (χ0v) is 8.80. The van der Waals surface area contributed by atoms with Crippen LogP contribution in [0.5, 0.6) is 0 Å². The molecule has 60 valence electrons. The van der Waals surface area contributed by atoms with Crippen LogP contribution in [0, 0.1) is 11.8 Å². The van der Waals surface area contributed by atoms with E-state index in [9.17, 15) is 0 Å². The van der Waals surface area contributed by atoms with Gasteiger partial charge in [0.1, 0.15) is 0 Å². The fourth-order valence-corrected chi connectivity index (χ4v) is 1.92. The van der Waals surface area contributed by atoms with E-state index in [2.05, 4.69) is 36.4 Å². The third kappa shape index (κ3) is 2.09. The van der Waals surface area contributed by atoms with E-state index in [1.807, 2.05) is 0 Å². The number of rotatable bonds is 2. The van der Waals surface area contributed by atoms with Crippen LogP contribution < -0.4 is 0 Å². The highest BCUT2D eigenvalue weighted by molar-refractivity contribution is 14.1. The van der Waals surface area contributed by atoms with Crippen molar-refractivity contribution in [2.24, 2.45) is 11.8 Å². The third-order valence-corrected chi connectivity index (χ3v) is 3.21. The number of hydrogen-bond acceptors (Lipinski definition) is 1. The summed E-state index contributed by atoms with van der Waals surface area (Å²) in [6.45, 7) is 5.55. The normalized spacial score (nSPS) is 33.6. The summed E-state index contributed by atoms with van der Waals surface area (Å²) in [5.41, 5.74) is 0. The van der Waals surface area contributed by atoms with Crippen LogP contribution in [-0.4, -0.2) is 17.1 Å². The summed E-state index contributed by atoms with van der Waals surface area (Å²) < 4.78 is 6.72. The molecule has 1 saturated heterocycles. The van der Waals surface area contributed by atoms with Gasteiger partial charge in [-0.25, -0.2) is 0 Å². The number of ether oxygens (including phenoxy) is 1. The minimum Gasteiger partial charge on any atom is -0.377 e. The van der Waals surface area contributed by atoms with Crippen molar-refractivity contribution in [1.82, 2.24) is 0 Å². The van der Waals surface area contributed by atoms with Gasteiger partial charge in [-0.15, -0.1) is 0 Å². The smallest absolute Gasteiger partial charge is 0.0668 e. The fraction of sp³-hybridized carbons (Fsp3) is 1.00. The molecule has 0 N–H and O–H groups in total. The molecule has 1 aliphatic heterocycles.